The zero-order valence-electron chi connectivity index (χ0n) is 32.3. The number of hydrogen-bond acceptors (Lipinski definition) is 17. The first kappa shape index (κ1) is 45.7. The molecule has 0 aliphatic carbocycles. The third-order valence-electron chi connectivity index (χ3n) is 7.11. The van der Waals surface area contributed by atoms with Crippen LogP contribution in [-0.4, -0.2) is 107 Å². The average Bonchev–Trinajstić information content (AvgIpc) is 3.68. The fraction of sp³-hybridized carbons (Fsp3) is 0.289. The van der Waals surface area contributed by atoms with Gasteiger partial charge in [-0.1, -0.05) is 24.0 Å². The Kier molecular flexibility index (Phi) is 20.0. The highest BCUT2D eigenvalue weighted by Gasteiger charge is 2.15. The summed E-state index contributed by atoms with van der Waals surface area (Å²) in [5.74, 6) is 1.30. The van der Waals surface area contributed by atoms with Gasteiger partial charge < -0.3 is 33.4 Å². The Labute approximate surface area is 357 Å². The third kappa shape index (κ3) is 16.1. The molecule has 5 heterocycles. The second-order valence-corrected chi connectivity index (χ2v) is 14.6. The molecule has 0 saturated heterocycles. The summed E-state index contributed by atoms with van der Waals surface area (Å²) in [5, 5.41) is 6.14. The van der Waals surface area contributed by atoms with Gasteiger partial charge >= 0.3 is 0 Å². The van der Waals surface area contributed by atoms with Crippen LogP contribution in [0.4, 0.5) is 5.13 Å². The number of carbonyl (C=O) groups is 1. The van der Waals surface area contributed by atoms with E-state index in [0.717, 1.165) is 32.3 Å². The van der Waals surface area contributed by atoms with Crippen LogP contribution in [0.5, 0.6) is 17.6 Å². The lowest BCUT2D eigenvalue weighted by atomic mass is 10.0. The summed E-state index contributed by atoms with van der Waals surface area (Å²) in [7, 11) is 4.87. The Hall–Kier alpha value is -4.96. The van der Waals surface area contributed by atoms with E-state index in [1.807, 2.05) is 5.38 Å². The molecule has 0 unspecified atom stereocenters. The molecule has 0 aliphatic rings. The number of halogens is 1. The largest absolute Gasteiger partial charge is 0.474 e. The molecule has 58 heavy (non-hydrogen) atoms. The second kappa shape index (κ2) is 25.4. The van der Waals surface area contributed by atoms with Gasteiger partial charge in [-0.2, -0.15) is 0 Å². The third-order valence-corrected chi connectivity index (χ3v) is 9.39. The monoisotopic (exact) mass is 911 g/mol. The fourth-order valence-electron chi connectivity index (χ4n) is 4.53. The van der Waals surface area contributed by atoms with E-state index < -0.39 is 0 Å². The number of methoxy groups -OCH3 is 3. The average molecular weight is 913 g/mol. The number of hydrogen-bond donors (Lipinski definition) is 2. The summed E-state index contributed by atoms with van der Waals surface area (Å²) in [6, 6.07) is 7.54. The van der Waals surface area contributed by atoms with Gasteiger partial charge in [-0.25, -0.2) is 29.9 Å². The van der Waals surface area contributed by atoms with Gasteiger partial charge in [0.05, 0.1) is 62.7 Å². The maximum absolute atomic E-state index is 12.4. The minimum atomic E-state index is -0.209. The first-order valence-electron chi connectivity index (χ1n) is 17.3. The van der Waals surface area contributed by atoms with E-state index in [-0.39, 0.29) is 5.91 Å². The van der Waals surface area contributed by atoms with Crippen LogP contribution < -0.4 is 19.5 Å². The number of pyridine rings is 1. The van der Waals surface area contributed by atoms with Crippen molar-refractivity contribution in [2.75, 3.05) is 66.3 Å². The van der Waals surface area contributed by atoms with Gasteiger partial charge in [-0.3, -0.25) is 15.1 Å². The quantitative estimate of drug-likeness (QED) is 0.0676. The van der Waals surface area contributed by atoms with E-state index >= 15 is 0 Å². The second-order valence-electron chi connectivity index (χ2n) is 11.4. The number of carbonyl (C=O) groups excluding carboxylic acids is 1. The van der Waals surface area contributed by atoms with E-state index in [4.69, 9.17) is 40.6 Å². The van der Waals surface area contributed by atoms with Crippen molar-refractivity contribution in [1.29, 1.82) is 0 Å². The molecule has 1 amide bonds. The van der Waals surface area contributed by atoms with Crippen molar-refractivity contribution in [2.24, 2.45) is 0 Å². The van der Waals surface area contributed by atoms with Crippen molar-refractivity contribution >= 4 is 62.3 Å². The molecule has 0 fully saturated rings. The highest BCUT2D eigenvalue weighted by molar-refractivity contribution is 9.10. The molecule has 16 nitrogen and oxygen atoms in total. The number of H-pyrrole nitrogens is 1. The number of rotatable bonds is 17. The van der Waals surface area contributed by atoms with Crippen LogP contribution in [-0.2, 0) is 14.2 Å². The summed E-state index contributed by atoms with van der Waals surface area (Å²) < 4.78 is 31.7. The predicted octanol–water partition coefficient (Wildman–Crippen LogP) is 7.47. The Morgan fingerprint density at radius 3 is 1.91 bits per heavy atom. The van der Waals surface area contributed by atoms with Gasteiger partial charge in [-0.05, 0) is 65.2 Å². The van der Waals surface area contributed by atoms with Crippen molar-refractivity contribution in [3.05, 3.63) is 105 Å². The first-order valence-corrected chi connectivity index (χ1v) is 20.2. The zero-order valence-corrected chi connectivity index (χ0v) is 36.4. The minimum absolute atomic E-state index is 0.209. The molecule has 0 atom stereocenters. The maximum Gasteiger partial charge on any atom is 0.257 e. The number of ether oxygens (including phenoxy) is 6. The lowest BCUT2D eigenvalue weighted by molar-refractivity contribution is 0.102. The summed E-state index contributed by atoms with van der Waals surface area (Å²) in [5.41, 5.74) is 4.61. The normalized spacial score (nSPS) is 10.4. The van der Waals surface area contributed by atoms with Crippen molar-refractivity contribution in [1.82, 2.24) is 39.9 Å². The number of amides is 1. The summed E-state index contributed by atoms with van der Waals surface area (Å²) >= 11 is 10.9. The molecule has 0 saturated carbocycles. The highest BCUT2D eigenvalue weighted by atomic mass is 79.9. The standard InChI is InChI=1S/C24H23N5O3S2.C7H9BrN2O2.C7H10N2O2S/c1-15-10-18(34-21-13-26-20(12-27-21)32-9-8-31-3)11-16(2)22(15)19-14-33-24(28-19)29-23(30)17-4-6-25-7-5-17;1-11-2-3-12-7-5-9-6(8)4-10-7;1-10-2-3-11-6-4-9-7(12)5-8-6/h4-7,10-14H,8-9H2,1-3H3,(H,28,29,30);4-5H,2-3H2,1H3;4-5H,2-3H2,1H3,(H,9,12). The van der Waals surface area contributed by atoms with Crippen molar-refractivity contribution in [3.63, 3.8) is 0 Å². The molecule has 0 bridgehead atoms. The minimum Gasteiger partial charge on any atom is -0.474 e. The van der Waals surface area contributed by atoms with Crippen molar-refractivity contribution in [2.45, 2.75) is 23.8 Å². The van der Waals surface area contributed by atoms with Crippen LogP contribution in [0.3, 0.4) is 0 Å². The van der Waals surface area contributed by atoms with Crippen LogP contribution in [0.25, 0.3) is 11.3 Å². The molecule has 0 spiro atoms. The van der Waals surface area contributed by atoms with Gasteiger partial charge in [0, 0.05) is 55.1 Å². The zero-order chi connectivity index (χ0) is 41.5. The molecule has 1 aromatic carbocycles. The van der Waals surface area contributed by atoms with Gasteiger partial charge in [0.15, 0.2) is 5.13 Å². The topological polar surface area (TPSA) is 190 Å². The SMILES string of the molecule is COCCOc1c[nH]c(=S)cn1.COCCOc1cnc(Br)cn1.COCCOc1cnc(Sc2cc(C)c(-c3csc(NC(=O)c4ccncc4)n3)c(C)c2)cn1. The maximum atomic E-state index is 12.4. The van der Waals surface area contributed by atoms with Crippen LogP contribution in [0.1, 0.15) is 21.5 Å². The fourth-order valence-corrected chi connectivity index (χ4v) is 6.47. The van der Waals surface area contributed by atoms with Gasteiger partial charge in [0.1, 0.15) is 34.1 Å². The number of benzene rings is 1. The molecular weight excluding hydrogens is 871 g/mol. The molecular formula is C38H42BrN9O7S3. The number of anilines is 1. The summed E-state index contributed by atoms with van der Waals surface area (Å²) in [6.45, 7) is 7.14. The molecule has 2 N–H and O–H groups in total. The Morgan fingerprint density at radius 1 is 0.793 bits per heavy atom. The molecule has 306 valence electrons. The molecule has 5 aromatic heterocycles. The summed E-state index contributed by atoms with van der Waals surface area (Å²) in [6.07, 6.45) is 12.8. The van der Waals surface area contributed by atoms with Crippen LogP contribution in [0, 0.1) is 18.5 Å². The van der Waals surface area contributed by atoms with E-state index in [9.17, 15) is 4.79 Å². The van der Waals surface area contributed by atoms with E-state index in [0.29, 0.717) is 77.2 Å². The Morgan fingerprint density at radius 2 is 1.38 bits per heavy atom. The van der Waals surface area contributed by atoms with Crippen molar-refractivity contribution in [3.8, 4) is 28.9 Å². The van der Waals surface area contributed by atoms with E-state index in [1.165, 1.54) is 29.3 Å². The number of aryl methyl sites for hydroxylation is 2. The molecule has 0 aliphatic heterocycles. The number of aromatic nitrogens is 8. The molecule has 20 heteroatoms. The lowest BCUT2D eigenvalue weighted by Gasteiger charge is -2.11. The Bertz CT molecular complexity index is 2140. The predicted molar refractivity (Wildman–Crippen MR) is 227 cm³/mol. The van der Waals surface area contributed by atoms with Gasteiger partial charge in [0.25, 0.3) is 5.91 Å². The number of aromatic amines is 1. The number of thiazole rings is 1. The van der Waals surface area contributed by atoms with Gasteiger partial charge in [-0.15, -0.1) is 11.3 Å². The first-order chi connectivity index (χ1) is 28.2. The van der Waals surface area contributed by atoms with E-state index in [1.54, 1.807) is 76.8 Å². The van der Waals surface area contributed by atoms with E-state index in [2.05, 4.69) is 87.1 Å². The number of nitrogens with zero attached hydrogens (tertiary/aromatic N) is 7. The van der Waals surface area contributed by atoms with Crippen LogP contribution >= 0.6 is 51.2 Å². The van der Waals surface area contributed by atoms with Crippen LogP contribution in [0.2, 0.25) is 0 Å². The lowest BCUT2D eigenvalue weighted by Crippen LogP contribution is -2.11. The molecule has 0 radical (unpaired) electrons. The summed E-state index contributed by atoms with van der Waals surface area (Å²) in [4.78, 5) is 45.4. The van der Waals surface area contributed by atoms with Crippen molar-refractivity contribution < 1.29 is 33.2 Å². The smallest absolute Gasteiger partial charge is 0.257 e. The Balaban J connectivity index is 0.000000252. The highest BCUT2D eigenvalue weighted by Crippen LogP contribution is 2.35. The van der Waals surface area contributed by atoms with Gasteiger partial charge in [0.2, 0.25) is 17.6 Å². The molecule has 6 aromatic rings. The number of nitrogens with one attached hydrogen (secondary N) is 2. The van der Waals surface area contributed by atoms with Crippen LogP contribution in [0.15, 0.2) is 93.7 Å². The molecule has 6 rings (SSSR count).